The Bertz CT molecular complexity index is 668. The van der Waals surface area contributed by atoms with Crippen molar-refractivity contribution in [2.24, 2.45) is 0 Å². The molecule has 3 rings (SSSR count). The van der Waals surface area contributed by atoms with Gasteiger partial charge in [0.2, 0.25) is 0 Å². The summed E-state index contributed by atoms with van der Waals surface area (Å²) in [6, 6.07) is 3.90. The van der Waals surface area contributed by atoms with Crippen LogP contribution in [-0.2, 0) is 6.54 Å². The molecule has 3 heterocycles. The monoisotopic (exact) mass is 244 g/mol. The quantitative estimate of drug-likeness (QED) is 0.754. The molecule has 0 spiro atoms. The molecule has 2 N–H and O–H groups in total. The summed E-state index contributed by atoms with van der Waals surface area (Å²) in [7, 11) is 0. The first-order valence-corrected chi connectivity index (χ1v) is 6.33. The zero-order valence-corrected chi connectivity index (χ0v) is 10.2. The number of hydrogen-bond acceptors (Lipinski definition) is 4. The molecular formula is C12H12N4S. The lowest BCUT2D eigenvalue weighted by Crippen LogP contribution is -1.97. The summed E-state index contributed by atoms with van der Waals surface area (Å²) >= 11 is 1.62. The van der Waals surface area contributed by atoms with Crippen LogP contribution in [0.3, 0.4) is 0 Å². The fourth-order valence-corrected chi connectivity index (χ4v) is 2.79. The van der Waals surface area contributed by atoms with Crippen molar-refractivity contribution in [3.8, 4) is 10.7 Å². The molecule has 0 atom stereocenters. The van der Waals surface area contributed by atoms with Crippen LogP contribution in [0.5, 0.6) is 0 Å². The standard InChI is InChI=1S/C12H12N4S/c1-2-16-10-3-5-14-7-9(10)15-12(16)11-8(13)4-6-17-11/h3-7H,2,13H2,1H3. The zero-order chi connectivity index (χ0) is 11.8. The molecule has 0 saturated carbocycles. The van der Waals surface area contributed by atoms with Gasteiger partial charge in [-0.15, -0.1) is 11.3 Å². The topological polar surface area (TPSA) is 56.7 Å². The molecule has 5 heteroatoms. The van der Waals surface area contributed by atoms with E-state index in [1.54, 1.807) is 23.7 Å². The van der Waals surface area contributed by atoms with Gasteiger partial charge in [-0.3, -0.25) is 4.98 Å². The van der Waals surface area contributed by atoms with E-state index in [0.717, 1.165) is 34.0 Å². The Labute approximate surface area is 103 Å². The number of thiophene rings is 1. The van der Waals surface area contributed by atoms with Crippen molar-refractivity contribution in [2.75, 3.05) is 5.73 Å². The summed E-state index contributed by atoms with van der Waals surface area (Å²) in [6.07, 6.45) is 3.58. The van der Waals surface area contributed by atoms with Crippen molar-refractivity contribution in [3.05, 3.63) is 29.9 Å². The van der Waals surface area contributed by atoms with Crippen molar-refractivity contribution in [1.29, 1.82) is 0 Å². The van der Waals surface area contributed by atoms with Crippen LogP contribution in [0.25, 0.3) is 21.7 Å². The maximum Gasteiger partial charge on any atom is 0.153 e. The maximum atomic E-state index is 5.96. The number of imidazole rings is 1. The highest BCUT2D eigenvalue weighted by atomic mass is 32.1. The molecule has 0 unspecified atom stereocenters. The van der Waals surface area contributed by atoms with Gasteiger partial charge in [0, 0.05) is 12.7 Å². The third kappa shape index (κ3) is 1.51. The van der Waals surface area contributed by atoms with Gasteiger partial charge in [0.15, 0.2) is 5.82 Å². The normalized spacial score (nSPS) is 11.1. The number of nitrogens with two attached hydrogens (primary N) is 1. The molecular weight excluding hydrogens is 232 g/mol. The van der Waals surface area contributed by atoms with Crippen LogP contribution in [0.2, 0.25) is 0 Å². The van der Waals surface area contributed by atoms with Crippen LogP contribution in [0.1, 0.15) is 6.92 Å². The molecule has 17 heavy (non-hydrogen) atoms. The predicted octanol–water partition coefficient (Wildman–Crippen LogP) is 2.76. The van der Waals surface area contributed by atoms with Crippen LogP contribution in [0.15, 0.2) is 29.9 Å². The van der Waals surface area contributed by atoms with Gasteiger partial charge in [-0.25, -0.2) is 4.98 Å². The van der Waals surface area contributed by atoms with E-state index in [1.165, 1.54) is 0 Å². The van der Waals surface area contributed by atoms with E-state index in [4.69, 9.17) is 5.73 Å². The van der Waals surface area contributed by atoms with E-state index in [-0.39, 0.29) is 0 Å². The number of aryl methyl sites for hydroxylation is 1. The van der Waals surface area contributed by atoms with Crippen LogP contribution in [0, 0.1) is 0 Å². The highest BCUT2D eigenvalue weighted by Gasteiger charge is 2.14. The first-order chi connectivity index (χ1) is 8.31. The van der Waals surface area contributed by atoms with Crippen molar-refractivity contribution < 1.29 is 0 Å². The Balaban J connectivity index is 2.33. The zero-order valence-electron chi connectivity index (χ0n) is 9.42. The number of anilines is 1. The molecule has 0 fully saturated rings. The maximum absolute atomic E-state index is 5.96. The summed E-state index contributed by atoms with van der Waals surface area (Å²) in [5.41, 5.74) is 8.76. The van der Waals surface area contributed by atoms with E-state index in [1.807, 2.05) is 17.5 Å². The molecule has 0 aliphatic heterocycles. The van der Waals surface area contributed by atoms with E-state index in [0.29, 0.717) is 0 Å². The number of pyridine rings is 1. The van der Waals surface area contributed by atoms with Crippen molar-refractivity contribution >= 4 is 28.1 Å². The largest absolute Gasteiger partial charge is 0.397 e. The smallest absolute Gasteiger partial charge is 0.153 e. The molecule has 0 amide bonds. The van der Waals surface area contributed by atoms with Crippen molar-refractivity contribution in [3.63, 3.8) is 0 Å². The van der Waals surface area contributed by atoms with Crippen LogP contribution in [-0.4, -0.2) is 14.5 Å². The minimum atomic E-state index is 0.785. The molecule has 3 aromatic heterocycles. The lowest BCUT2D eigenvalue weighted by atomic mass is 10.3. The minimum Gasteiger partial charge on any atom is -0.397 e. The number of rotatable bonds is 2. The van der Waals surface area contributed by atoms with E-state index in [2.05, 4.69) is 21.5 Å². The van der Waals surface area contributed by atoms with Gasteiger partial charge in [0.25, 0.3) is 0 Å². The van der Waals surface area contributed by atoms with Crippen LogP contribution >= 0.6 is 11.3 Å². The van der Waals surface area contributed by atoms with Crippen LogP contribution < -0.4 is 5.73 Å². The lowest BCUT2D eigenvalue weighted by Gasteiger charge is -2.04. The highest BCUT2D eigenvalue weighted by Crippen LogP contribution is 2.32. The molecule has 4 nitrogen and oxygen atoms in total. The Morgan fingerprint density at radius 3 is 3.00 bits per heavy atom. The molecule has 0 saturated heterocycles. The molecule has 3 aromatic rings. The molecule has 0 aromatic carbocycles. The predicted molar refractivity (Wildman–Crippen MR) is 70.9 cm³/mol. The Morgan fingerprint density at radius 2 is 2.29 bits per heavy atom. The lowest BCUT2D eigenvalue weighted by molar-refractivity contribution is 0.798. The summed E-state index contributed by atoms with van der Waals surface area (Å²) in [5, 5.41) is 1.99. The van der Waals surface area contributed by atoms with E-state index >= 15 is 0 Å². The molecule has 0 aliphatic carbocycles. The Morgan fingerprint density at radius 1 is 1.41 bits per heavy atom. The fraction of sp³-hybridized carbons (Fsp3) is 0.167. The van der Waals surface area contributed by atoms with Crippen molar-refractivity contribution in [2.45, 2.75) is 13.5 Å². The molecule has 0 aliphatic rings. The van der Waals surface area contributed by atoms with Gasteiger partial charge in [-0.05, 0) is 24.4 Å². The first-order valence-electron chi connectivity index (χ1n) is 5.45. The third-order valence-corrected chi connectivity index (χ3v) is 3.69. The molecule has 0 bridgehead atoms. The van der Waals surface area contributed by atoms with Crippen molar-refractivity contribution in [1.82, 2.24) is 14.5 Å². The fourth-order valence-electron chi connectivity index (χ4n) is 1.98. The average molecular weight is 244 g/mol. The molecule has 0 radical (unpaired) electrons. The third-order valence-electron chi connectivity index (χ3n) is 2.77. The summed E-state index contributed by atoms with van der Waals surface area (Å²) in [4.78, 5) is 9.75. The van der Waals surface area contributed by atoms with Gasteiger partial charge in [0.1, 0.15) is 5.52 Å². The van der Waals surface area contributed by atoms with E-state index < -0.39 is 0 Å². The Kier molecular flexibility index (Phi) is 2.33. The van der Waals surface area contributed by atoms with Gasteiger partial charge < -0.3 is 10.3 Å². The Hall–Kier alpha value is -1.88. The van der Waals surface area contributed by atoms with Gasteiger partial charge in [0.05, 0.1) is 22.3 Å². The second kappa shape index (κ2) is 3.85. The summed E-state index contributed by atoms with van der Waals surface area (Å²) in [5.74, 6) is 0.933. The highest BCUT2D eigenvalue weighted by molar-refractivity contribution is 7.14. The van der Waals surface area contributed by atoms with E-state index in [9.17, 15) is 0 Å². The van der Waals surface area contributed by atoms with Crippen LogP contribution in [0.4, 0.5) is 5.69 Å². The van der Waals surface area contributed by atoms with Gasteiger partial charge in [-0.1, -0.05) is 0 Å². The summed E-state index contributed by atoms with van der Waals surface area (Å²) in [6.45, 7) is 2.97. The second-order valence-electron chi connectivity index (χ2n) is 3.75. The first kappa shape index (κ1) is 10.3. The number of nitrogens with zero attached hydrogens (tertiary/aromatic N) is 3. The number of aromatic nitrogens is 3. The number of nitrogen functional groups attached to an aromatic ring is 1. The summed E-state index contributed by atoms with van der Waals surface area (Å²) < 4.78 is 2.17. The molecule has 86 valence electrons. The SMILES string of the molecule is CCn1c(-c2sccc2N)nc2cnccc21. The average Bonchev–Trinajstić information content (AvgIpc) is 2.91. The second-order valence-corrected chi connectivity index (χ2v) is 4.67. The van der Waals surface area contributed by atoms with Gasteiger partial charge in [-0.2, -0.15) is 0 Å². The van der Waals surface area contributed by atoms with Gasteiger partial charge >= 0.3 is 0 Å². The number of fused-ring (bicyclic) bond motifs is 1. The minimum absolute atomic E-state index is 0.785. The number of hydrogen-bond donors (Lipinski definition) is 1.